The maximum Gasteiger partial charge on any atom is 0.251 e. The molecule has 0 atom stereocenters. The van der Waals surface area contributed by atoms with Gasteiger partial charge in [-0.2, -0.15) is 0 Å². The highest BCUT2D eigenvalue weighted by molar-refractivity contribution is 7.71. The molecule has 2 rings (SSSR count). The topological polar surface area (TPSA) is 97.3 Å². The van der Waals surface area contributed by atoms with Gasteiger partial charge in [0.2, 0.25) is 0 Å². The zero-order valence-electron chi connectivity index (χ0n) is 9.79. The Kier molecular flexibility index (Phi) is 4.93. The molecule has 4 N–H and O–H groups in total. The predicted octanol–water partition coefficient (Wildman–Crippen LogP) is 1.48. The third kappa shape index (κ3) is 5.02. The van der Waals surface area contributed by atoms with Crippen LogP contribution in [-0.4, -0.2) is 19.9 Å². The van der Waals surface area contributed by atoms with Crippen molar-refractivity contribution in [3.05, 3.63) is 53.8 Å². The van der Waals surface area contributed by atoms with Crippen molar-refractivity contribution in [2.45, 2.75) is 13.8 Å². The van der Waals surface area contributed by atoms with Gasteiger partial charge in [0.05, 0.1) is 0 Å². The Morgan fingerprint density at radius 2 is 1.11 bits per heavy atom. The van der Waals surface area contributed by atoms with Gasteiger partial charge in [-0.15, -0.1) is 0 Å². The lowest BCUT2D eigenvalue weighted by atomic mass is 10.5. The van der Waals surface area contributed by atoms with Crippen molar-refractivity contribution in [3.8, 4) is 0 Å². The van der Waals surface area contributed by atoms with Crippen molar-refractivity contribution in [2.75, 3.05) is 0 Å². The van der Waals surface area contributed by atoms with Crippen LogP contribution in [0.3, 0.4) is 0 Å². The summed E-state index contributed by atoms with van der Waals surface area (Å²) in [7, 11) is 0. The number of aromatic nitrogens is 4. The number of aryl methyl sites for hydroxylation is 2. The van der Waals surface area contributed by atoms with Crippen molar-refractivity contribution in [3.63, 3.8) is 0 Å². The van der Waals surface area contributed by atoms with Crippen molar-refractivity contribution < 1.29 is 0 Å². The van der Waals surface area contributed by atoms with Gasteiger partial charge < -0.3 is 9.97 Å². The highest BCUT2D eigenvalue weighted by atomic mass is 32.1. The minimum Gasteiger partial charge on any atom is -0.336 e. The van der Waals surface area contributed by atoms with E-state index in [0.29, 0.717) is 9.54 Å². The monoisotopic (exact) mass is 284 g/mol. The van der Waals surface area contributed by atoms with Crippen LogP contribution in [0.25, 0.3) is 0 Å². The molecule has 6 nitrogen and oxygen atoms in total. The Labute approximate surface area is 112 Å². The minimum atomic E-state index is -0.156. The Morgan fingerprint density at radius 3 is 1.33 bits per heavy atom. The summed E-state index contributed by atoms with van der Waals surface area (Å²) >= 11 is 9.35. The molecule has 0 unspecified atom stereocenters. The first kappa shape index (κ1) is 14.3. The average Bonchev–Trinajstić information content (AvgIpc) is 2.12. The van der Waals surface area contributed by atoms with E-state index in [1.807, 2.05) is 0 Å². The number of rotatable bonds is 0. The van der Waals surface area contributed by atoms with Gasteiger partial charge >= 0.3 is 0 Å². The molecule has 0 spiro atoms. The minimum absolute atomic E-state index is 0.156. The van der Waals surface area contributed by atoms with Crippen LogP contribution in [-0.2, 0) is 0 Å². The lowest BCUT2D eigenvalue weighted by Gasteiger charge is -1.87. The Morgan fingerprint density at radius 1 is 0.778 bits per heavy atom. The lowest BCUT2D eigenvalue weighted by molar-refractivity contribution is 1.04. The van der Waals surface area contributed by atoms with Crippen molar-refractivity contribution in [1.29, 1.82) is 0 Å². The van der Waals surface area contributed by atoms with E-state index in [9.17, 15) is 9.59 Å². The quantitative estimate of drug-likeness (QED) is 0.551. The molecule has 0 aromatic carbocycles. The summed E-state index contributed by atoms with van der Waals surface area (Å²) in [5.41, 5.74) is 1.25. The second kappa shape index (κ2) is 6.22. The van der Waals surface area contributed by atoms with Crippen molar-refractivity contribution in [2.24, 2.45) is 0 Å². The van der Waals surface area contributed by atoms with Crippen molar-refractivity contribution >= 4 is 24.4 Å². The molecule has 0 bridgehead atoms. The van der Waals surface area contributed by atoms with E-state index in [1.54, 1.807) is 13.8 Å². The van der Waals surface area contributed by atoms with Gasteiger partial charge in [-0.05, 0) is 38.3 Å². The summed E-state index contributed by atoms with van der Waals surface area (Å²) in [4.78, 5) is 31.5. The van der Waals surface area contributed by atoms with E-state index >= 15 is 0 Å². The molecule has 0 fully saturated rings. The van der Waals surface area contributed by atoms with E-state index in [1.165, 1.54) is 12.1 Å². The molecular formula is C10H12N4O2S2. The third-order valence-corrected chi connectivity index (χ3v) is 2.20. The molecule has 2 heterocycles. The molecule has 0 aliphatic rings. The zero-order valence-corrected chi connectivity index (χ0v) is 11.4. The highest BCUT2D eigenvalue weighted by Gasteiger charge is 1.84. The number of aromatic amines is 4. The number of hydrogen-bond acceptors (Lipinski definition) is 4. The summed E-state index contributed by atoms with van der Waals surface area (Å²) < 4.78 is 0.750. The van der Waals surface area contributed by atoms with E-state index in [4.69, 9.17) is 0 Å². The number of hydrogen-bond donors (Lipinski definition) is 4. The maximum absolute atomic E-state index is 10.6. The van der Waals surface area contributed by atoms with Crippen LogP contribution in [0.15, 0.2) is 21.7 Å². The van der Waals surface area contributed by atoms with Gasteiger partial charge in [-0.3, -0.25) is 19.6 Å². The van der Waals surface area contributed by atoms with Gasteiger partial charge in [0, 0.05) is 23.5 Å². The normalized spacial score (nSPS) is 9.44. The molecule has 96 valence electrons. The molecule has 0 aliphatic heterocycles. The number of H-pyrrole nitrogens is 4. The fourth-order valence-corrected chi connectivity index (χ4v) is 1.71. The molecular weight excluding hydrogens is 272 g/mol. The van der Waals surface area contributed by atoms with Crippen LogP contribution >= 0.6 is 24.4 Å². The largest absolute Gasteiger partial charge is 0.336 e. The number of nitrogens with one attached hydrogen (secondary N) is 4. The second-order valence-electron chi connectivity index (χ2n) is 3.54. The van der Waals surface area contributed by atoms with Crippen LogP contribution in [0, 0.1) is 23.4 Å². The first-order valence-corrected chi connectivity index (χ1v) is 5.79. The molecule has 0 aliphatic carbocycles. The molecule has 18 heavy (non-hydrogen) atoms. The summed E-state index contributed by atoms with van der Waals surface area (Å²) in [6.45, 7) is 3.57. The molecule has 8 heteroatoms. The summed E-state index contributed by atoms with van der Waals surface area (Å²) in [6.07, 6.45) is 0. The fraction of sp³-hybridized carbons (Fsp3) is 0.200. The summed E-state index contributed by atoms with van der Waals surface area (Å²) in [5.74, 6) is 0. The van der Waals surface area contributed by atoms with Gasteiger partial charge in [0.15, 0.2) is 9.54 Å². The lowest BCUT2D eigenvalue weighted by Crippen LogP contribution is -2.05. The van der Waals surface area contributed by atoms with Crippen LogP contribution in [0.5, 0.6) is 0 Å². The molecule has 0 radical (unpaired) electrons. The SMILES string of the molecule is Cc1cc(=O)[nH]c(=S)[nH]1.Cc1cc(=O)[nH]c(=S)[nH]1. The Hall–Kier alpha value is -1.80. The Balaban J connectivity index is 0.000000180. The molecule has 0 amide bonds. The second-order valence-corrected chi connectivity index (χ2v) is 4.36. The van der Waals surface area contributed by atoms with Gasteiger partial charge in [0.25, 0.3) is 11.1 Å². The first-order chi connectivity index (χ1) is 8.36. The Bertz CT molecular complexity index is 631. The van der Waals surface area contributed by atoms with E-state index < -0.39 is 0 Å². The van der Waals surface area contributed by atoms with Crippen LogP contribution < -0.4 is 11.1 Å². The molecule has 0 saturated heterocycles. The van der Waals surface area contributed by atoms with Crippen LogP contribution in [0.1, 0.15) is 11.4 Å². The first-order valence-electron chi connectivity index (χ1n) is 4.97. The van der Waals surface area contributed by atoms with Crippen LogP contribution in [0.2, 0.25) is 0 Å². The summed E-state index contributed by atoms with van der Waals surface area (Å²) in [6, 6.07) is 2.91. The molecule has 0 saturated carbocycles. The third-order valence-electron chi connectivity index (χ3n) is 1.79. The zero-order chi connectivity index (χ0) is 13.7. The predicted molar refractivity (Wildman–Crippen MR) is 74.0 cm³/mol. The van der Waals surface area contributed by atoms with Crippen LogP contribution in [0.4, 0.5) is 0 Å². The van der Waals surface area contributed by atoms with Gasteiger partial charge in [-0.25, -0.2) is 0 Å². The maximum atomic E-state index is 10.6. The standard InChI is InChI=1S/2C5H6N2OS/c2*1-3-2-4(8)7-5(9)6-3/h2*2H,1H3,(H2,6,7,8,9). The van der Waals surface area contributed by atoms with E-state index in [-0.39, 0.29) is 11.1 Å². The fourth-order valence-electron chi connectivity index (χ4n) is 1.18. The van der Waals surface area contributed by atoms with E-state index in [0.717, 1.165) is 11.4 Å². The van der Waals surface area contributed by atoms with Crippen molar-refractivity contribution in [1.82, 2.24) is 19.9 Å². The van der Waals surface area contributed by atoms with E-state index in [2.05, 4.69) is 44.4 Å². The highest BCUT2D eigenvalue weighted by Crippen LogP contribution is 1.81. The summed E-state index contributed by atoms with van der Waals surface area (Å²) in [5, 5.41) is 0. The van der Waals surface area contributed by atoms with Gasteiger partial charge in [-0.1, -0.05) is 0 Å². The smallest absolute Gasteiger partial charge is 0.251 e. The van der Waals surface area contributed by atoms with Gasteiger partial charge in [0.1, 0.15) is 0 Å². The molecule has 2 aromatic rings. The molecule has 2 aromatic heterocycles. The average molecular weight is 284 g/mol.